The van der Waals surface area contributed by atoms with Crippen LogP contribution in [-0.2, 0) is 0 Å². The molecule has 0 fully saturated rings. The van der Waals surface area contributed by atoms with Gasteiger partial charge in [0.05, 0.1) is 5.54 Å². The molecule has 0 spiro atoms. The highest BCUT2D eigenvalue weighted by atomic mass is 32.2. The van der Waals surface area contributed by atoms with Crippen LogP contribution in [0, 0.1) is 6.92 Å². The molecule has 0 saturated heterocycles. The number of anilines is 1. The van der Waals surface area contributed by atoms with Crippen molar-refractivity contribution in [1.82, 2.24) is 0 Å². The highest BCUT2D eigenvalue weighted by Gasteiger charge is 2.31. The Kier molecular flexibility index (Phi) is 3.77. The van der Waals surface area contributed by atoms with Gasteiger partial charge in [-0.3, -0.25) is 4.99 Å². The van der Waals surface area contributed by atoms with Gasteiger partial charge in [0.25, 0.3) is 0 Å². The van der Waals surface area contributed by atoms with Crippen LogP contribution in [0.15, 0.2) is 29.3 Å². The number of amidine groups is 1. The van der Waals surface area contributed by atoms with E-state index in [1.807, 2.05) is 11.8 Å². The summed E-state index contributed by atoms with van der Waals surface area (Å²) in [5.41, 5.74) is 2.58. The Morgan fingerprint density at radius 2 is 2.12 bits per heavy atom. The monoisotopic (exact) mass is 248 g/mol. The van der Waals surface area contributed by atoms with E-state index in [9.17, 15) is 0 Å². The standard InChI is InChI=1S/C14H20N2S/c1-4-14(5-2)10-17-13(16-14)15-12-8-6-7-11(3)9-12/h6-9H,4-5,10H2,1-3H3,(H,15,16). The number of rotatable bonds is 3. The first-order chi connectivity index (χ1) is 8.17. The van der Waals surface area contributed by atoms with Crippen LogP contribution in [-0.4, -0.2) is 16.5 Å². The summed E-state index contributed by atoms with van der Waals surface area (Å²) < 4.78 is 0. The molecule has 1 aromatic carbocycles. The maximum atomic E-state index is 4.85. The van der Waals surface area contributed by atoms with E-state index in [0.29, 0.717) is 0 Å². The molecule has 0 aromatic heterocycles. The molecule has 17 heavy (non-hydrogen) atoms. The average molecular weight is 248 g/mol. The summed E-state index contributed by atoms with van der Waals surface area (Å²) >= 11 is 1.84. The van der Waals surface area contributed by atoms with Gasteiger partial charge in [-0.2, -0.15) is 0 Å². The molecule has 0 unspecified atom stereocenters. The molecule has 1 aromatic rings. The van der Waals surface area contributed by atoms with Gasteiger partial charge in [0.2, 0.25) is 0 Å². The minimum Gasteiger partial charge on any atom is -0.335 e. The van der Waals surface area contributed by atoms with Crippen LogP contribution in [0.25, 0.3) is 0 Å². The molecule has 0 bridgehead atoms. The molecule has 3 heteroatoms. The third-order valence-corrected chi connectivity index (χ3v) is 4.55. The number of nitrogens with one attached hydrogen (secondary N) is 1. The Balaban J connectivity index is 2.11. The van der Waals surface area contributed by atoms with E-state index in [0.717, 1.165) is 29.4 Å². The topological polar surface area (TPSA) is 24.4 Å². The van der Waals surface area contributed by atoms with Crippen LogP contribution in [0.1, 0.15) is 32.3 Å². The van der Waals surface area contributed by atoms with Crippen molar-refractivity contribution in [2.75, 3.05) is 11.1 Å². The summed E-state index contributed by atoms with van der Waals surface area (Å²) in [6.07, 6.45) is 2.24. The van der Waals surface area contributed by atoms with Gasteiger partial charge in [-0.15, -0.1) is 0 Å². The fourth-order valence-corrected chi connectivity index (χ4v) is 3.33. The second-order valence-electron chi connectivity index (χ2n) is 4.63. The number of aryl methyl sites for hydroxylation is 1. The van der Waals surface area contributed by atoms with Crippen molar-refractivity contribution >= 4 is 22.6 Å². The van der Waals surface area contributed by atoms with E-state index in [1.54, 1.807) is 0 Å². The number of benzene rings is 1. The van der Waals surface area contributed by atoms with E-state index < -0.39 is 0 Å². The van der Waals surface area contributed by atoms with Crippen LogP contribution in [0.2, 0.25) is 0 Å². The van der Waals surface area contributed by atoms with Crippen molar-refractivity contribution < 1.29 is 0 Å². The van der Waals surface area contributed by atoms with Crippen LogP contribution >= 0.6 is 11.8 Å². The Morgan fingerprint density at radius 1 is 1.35 bits per heavy atom. The third-order valence-electron chi connectivity index (χ3n) is 3.40. The van der Waals surface area contributed by atoms with Gasteiger partial charge in [-0.1, -0.05) is 37.7 Å². The summed E-state index contributed by atoms with van der Waals surface area (Å²) in [5, 5.41) is 4.49. The smallest absolute Gasteiger partial charge is 0.161 e. The SMILES string of the molecule is CCC1(CC)CSC(Nc2cccc(C)c2)=N1. The normalized spacial score (nSPS) is 17.9. The summed E-state index contributed by atoms with van der Waals surface area (Å²) in [6, 6.07) is 8.43. The molecule has 1 heterocycles. The minimum atomic E-state index is 0.164. The first kappa shape index (κ1) is 12.5. The zero-order valence-electron chi connectivity index (χ0n) is 10.8. The lowest BCUT2D eigenvalue weighted by Crippen LogP contribution is -2.24. The van der Waals surface area contributed by atoms with Gasteiger partial charge in [0, 0.05) is 11.4 Å². The van der Waals surface area contributed by atoms with Crippen LogP contribution in [0.5, 0.6) is 0 Å². The fraction of sp³-hybridized carbons (Fsp3) is 0.500. The first-order valence-electron chi connectivity index (χ1n) is 6.24. The van der Waals surface area contributed by atoms with Gasteiger partial charge in [0.1, 0.15) is 0 Å². The number of nitrogens with zero attached hydrogens (tertiary/aromatic N) is 1. The maximum Gasteiger partial charge on any atom is 0.161 e. The third kappa shape index (κ3) is 2.83. The van der Waals surface area contributed by atoms with E-state index in [4.69, 9.17) is 4.99 Å². The fourth-order valence-electron chi connectivity index (χ4n) is 2.01. The predicted octanol–water partition coefficient (Wildman–Crippen LogP) is 4.07. The molecule has 0 saturated carbocycles. The van der Waals surface area contributed by atoms with Crippen LogP contribution in [0.4, 0.5) is 5.69 Å². The quantitative estimate of drug-likeness (QED) is 0.872. The largest absolute Gasteiger partial charge is 0.335 e. The average Bonchev–Trinajstić information content (AvgIpc) is 2.73. The van der Waals surface area contributed by atoms with Crippen molar-refractivity contribution in [1.29, 1.82) is 0 Å². The van der Waals surface area contributed by atoms with Gasteiger partial charge in [-0.05, 0) is 37.5 Å². The molecule has 1 aliphatic rings. The Morgan fingerprint density at radius 3 is 2.71 bits per heavy atom. The summed E-state index contributed by atoms with van der Waals surface area (Å²) in [6.45, 7) is 6.56. The molecule has 0 radical (unpaired) electrons. The molecule has 0 aliphatic carbocycles. The van der Waals surface area contributed by atoms with Crippen molar-refractivity contribution in [3.05, 3.63) is 29.8 Å². The minimum absolute atomic E-state index is 0.164. The molecule has 2 nitrogen and oxygen atoms in total. The second kappa shape index (κ2) is 5.13. The van der Waals surface area contributed by atoms with Gasteiger partial charge >= 0.3 is 0 Å². The summed E-state index contributed by atoms with van der Waals surface area (Å²) in [7, 11) is 0. The number of thioether (sulfide) groups is 1. The molecule has 0 atom stereocenters. The number of aliphatic imine (C=N–C) groups is 1. The maximum absolute atomic E-state index is 4.85. The molecule has 2 rings (SSSR count). The van der Waals surface area contributed by atoms with E-state index in [-0.39, 0.29) is 5.54 Å². The van der Waals surface area contributed by atoms with E-state index >= 15 is 0 Å². The molecule has 1 N–H and O–H groups in total. The molecule has 1 aliphatic heterocycles. The van der Waals surface area contributed by atoms with Crippen molar-refractivity contribution in [3.8, 4) is 0 Å². The lowest BCUT2D eigenvalue weighted by molar-refractivity contribution is 0.456. The predicted molar refractivity (Wildman–Crippen MR) is 78.0 cm³/mol. The lowest BCUT2D eigenvalue weighted by Gasteiger charge is -2.20. The van der Waals surface area contributed by atoms with Crippen molar-refractivity contribution in [2.45, 2.75) is 39.2 Å². The number of hydrogen-bond donors (Lipinski definition) is 1. The van der Waals surface area contributed by atoms with Gasteiger partial charge in [0.15, 0.2) is 5.17 Å². The highest BCUT2D eigenvalue weighted by Crippen LogP contribution is 2.33. The Bertz CT molecular complexity index is 422. The van der Waals surface area contributed by atoms with Gasteiger partial charge in [-0.25, -0.2) is 0 Å². The zero-order chi connectivity index (χ0) is 12.3. The Labute approximate surface area is 108 Å². The summed E-state index contributed by atoms with van der Waals surface area (Å²) in [5.74, 6) is 1.11. The highest BCUT2D eigenvalue weighted by molar-refractivity contribution is 8.14. The van der Waals surface area contributed by atoms with Crippen LogP contribution < -0.4 is 5.32 Å². The first-order valence-corrected chi connectivity index (χ1v) is 7.22. The zero-order valence-corrected chi connectivity index (χ0v) is 11.6. The van der Waals surface area contributed by atoms with Crippen molar-refractivity contribution in [2.24, 2.45) is 4.99 Å². The summed E-state index contributed by atoms with van der Waals surface area (Å²) in [4.78, 5) is 4.85. The lowest BCUT2D eigenvalue weighted by atomic mass is 9.97. The van der Waals surface area contributed by atoms with E-state index in [1.165, 1.54) is 5.56 Å². The molecule has 92 valence electrons. The Hall–Kier alpha value is -0.960. The molecular weight excluding hydrogens is 228 g/mol. The van der Waals surface area contributed by atoms with Crippen molar-refractivity contribution in [3.63, 3.8) is 0 Å². The number of hydrogen-bond acceptors (Lipinski definition) is 3. The molecular formula is C14H20N2S. The van der Waals surface area contributed by atoms with Crippen LogP contribution in [0.3, 0.4) is 0 Å². The molecule has 0 amide bonds. The van der Waals surface area contributed by atoms with Gasteiger partial charge < -0.3 is 5.32 Å². The second-order valence-corrected chi connectivity index (χ2v) is 5.60. The van der Waals surface area contributed by atoms with E-state index in [2.05, 4.69) is 50.4 Å².